The molecule has 1 rings (SSSR count). The van der Waals surface area contributed by atoms with Crippen LogP contribution >= 0.6 is 11.6 Å². The Labute approximate surface area is 93.1 Å². The minimum Gasteiger partial charge on any atom is -0.166 e. The van der Waals surface area contributed by atoms with Gasteiger partial charge in [-0.25, -0.2) is 0 Å². The highest BCUT2D eigenvalue weighted by Gasteiger charge is 2.31. The molecule has 0 aliphatic rings. The van der Waals surface area contributed by atoms with E-state index in [0.29, 0.717) is 5.50 Å². The van der Waals surface area contributed by atoms with E-state index in [1.165, 1.54) is 12.1 Å². The second kappa shape index (κ2) is 4.18. The van der Waals surface area contributed by atoms with E-state index in [9.17, 15) is 13.2 Å². The lowest BCUT2D eigenvalue weighted by Crippen LogP contribution is -2.43. The summed E-state index contributed by atoms with van der Waals surface area (Å²) in [5, 5.41) is 0.950. The van der Waals surface area contributed by atoms with Gasteiger partial charge in [0, 0.05) is 5.50 Å². The van der Waals surface area contributed by atoms with Gasteiger partial charge in [-0.15, -0.1) is 11.6 Å². The maximum Gasteiger partial charge on any atom is 0.416 e. The molecule has 0 aromatic heterocycles. The van der Waals surface area contributed by atoms with E-state index in [2.05, 4.69) is 0 Å². The van der Waals surface area contributed by atoms with Gasteiger partial charge in [0.2, 0.25) is 0 Å². The van der Waals surface area contributed by atoms with Crippen LogP contribution in [0.3, 0.4) is 0 Å². The lowest BCUT2D eigenvalue weighted by Gasteiger charge is -2.20. The molecule has 0 fully saturated rings. The zero-order valence-corrected chi connectivity index (χ0v) is 10.3. The molecule has 0 heterocycles. The van der Waals surface area contributed by atoms with Gasteiger partial charge in [0.1, 0.15) is 0 Å². The highest BCUT2D eigenvalue weighted by molar-refractivity contribution is 6.94. The van der Waals surface area contributed by atoms with Gasteiger partial charge < -0.3 is 0 Å². The van der Waals surface area contributed by atoms with E-state index in [1.54, 1.807) is 0 Å². The molecule has 1 aromatic carbocycles. The Hall–Kier alpha value is -0.483. The van der Waals surface area contributed by atoms with Crippen molar-refractivity contribution < 1.29 is 13.2 Å². The predicted octanol–water partition coefficient (Wildman–Crippen LogP) is 3.40. The van der Waals surface area contributed by atoms with Gasteiger partial charge in [-0.2, -0.15) is 13.2 Å². The summed E-state index contributed by atoms with van der Waals surface area (Å²) in [6.07, 6.45) is -4.26. The van der Waals surface area contributed by atoms with Crippen LogP contribution in [0.4, 0.5) is 13.2 Å². The predicted molar refractivity (Wildman–Crippen MR) is 59.3 cm³/mol. The molecule has 1 aromatic rings. The summed E-state index contributed by atoms with van der Waals surface area (Å²) in [6.45, 7) is 4.06. The number of rotatable bonds is 2. The van der Waals surface area contributed by atoms with E-state index in [1.807, 2.05) is 13.1 Å². The summed E-state index contributed by atoms with van der Waals surface area (Å²) in [4.78, 5) is 0. The third-order valence-electron chi connectivity index (χ3n) is 2.33. The monoisotopic (exact) mass is 252 g/mol. The molecule has 0 N–H and O–H groups in total. The molecule has 0 saturated heterocycles. The molecule has 0 unspecified atom stereocenters. The quantitative estimate of drug-likeness (QED) is 0.559. The van der Waals surface area contributed by atoms with Gasteiger partial charge in [-0.3, -0.25) is 0 Å². The van der Waals surface area contributed by atoms with Crippen LogP contribution in [-0.4, -0.2) is 13.6 Å². The molecule has 0 aliphatic carbocycles. The normalized spacial score (nSPS) is 12.9. The number of alkyl halides is 4. The first-order chi connectivity index (χ1) is 6.77. The van der Waals surface area contributed by atoms with Gasteiger partial charge in [0.25, 0.3) is 0 Å². The Kier molecular flexibility index (Phi) is 3.50. The van der Waals surface area contributed by atoms with Crippen LogP contribution in [0, 0.1) is 0 Å². The van der Waals surface area contributed by atoms with Gasteiger partial charge in [-0.1, -0.05) is 42.5 Å². The first kappa shape index (κ1) is 12.6. The Bertz CT molecular complexity index is 330. The molecule has 0 radical (unpaired) electrons. The van der Waals surface area contributed by atoms with Crippen LogP contribution < -0.4 is 5.19 Å². The fourth-order valence-corrected chi connectivity index (χ4v) is 2.87. The Morgan fingerprint density at radius 2 is 1.60 bits per heavy atom. The summed E-state index contributed by atoms with van der Waals surface area (Å²) in [6, 6.07) is 5.32. The molecule has 15 heavy (non-hydrogen) atoms. The fraction of sp³-hybridized carbons (Fsp3) is 0.400. The fourth-order valence-electron chi connectivity index (χ4n) is 1.19. The van der Waals surface area contributed by atoms with Gasteiger partial charge >= 0.3 is 6.18 Å². The molecule has 0 spiro atoms. The van der Waals surface area contributed by atoms with Crippen LogP contribution in [-0.2, 0) is 6.18 Å². The van der Waals surface area contributed by atoms with Crippen molar-refractivity contribution in [2.45, 2.75) is 19.3 Å². The minimum atomic E-state index is -4.26. The zero-order chi connectivity index (χ0) is 11.7. The highest BCUT2D eigenvalue weighted by Crippen LogP contribution is 2.28. The molecular weight excluding hydrogens is 241 g/mol. The second-order valence-electron chi connectivity index (χ2n) is 4.09. The average Bonchev–Trinajstić information content (AvgIpc) is 2.17. The number of hydrogen-bond acceptors (Lipinski definition) is 0. The molecule has 0 amide bonds. The van der Waals surface area contributed by atoms with Crippen LogP contribution in [0.25, 0.3) is 0 Å². The molecule has 0 nitrogen and oxygen atoms in total. The van der Waals surface area contributed by atoms with Crippen molar-refractivity contribution in [3.05, 3.63) is 29.8 Å². The molecule has 5 heteroatoms. The van der Waals surface area contributed by atoms with Crippen LogP contribution in [0.2, 0.25) is 13.1 Å². The Morgan fingerprint density at radius 3 is 1.93 bits per heavy atom. The standard InChI is InChI=1S/C10H12ClF3Si/c1-15(2,7-11)9-5-3-8(4-6-9)10(12,13)14/h3-6H,7H2,1-2H3. The SMILES string of the molecule is C[Si](C)(CCl)c1ccc(C(F)(F)F)cc1. The maximum atomic E-state index is 12.3. The van der Waals surface area contributed by atoms with E-state index in [-0.39, 0.29) is 0 Å². The molecule has 84 valence electrons. The molecule has 0 bridgehead atoms. The Morgan fingerprint density at radius 1 is 1.13 bits per heavy atom. The maximum absolute atomic E-state index is 12.3. The summed E-state index contributed by atoms with van der Waals surface area (Å²) in [7, 11) is -1.74. The largest absolute Gasteiger partial charge is 0.416 e. The van der Waals surface area contributed by atoms with Crippen molar-refractivity contribution in [2.75, 3.05) is 5.50 Å². The van der Waals surface area contributed by atoms with Crippen LogP contribution in [0.15, 0.2) is 24.3 Å². The van der Waals surface area contributed by atoms with Crippen LogP contribution in [0.5, 0.6) is 0 Å². The average molecular weight is 253 g/mol. The third kappa shape index (κ3) is 2.98. The van der Waals surface area contributed by atoms with Crippen LogP contribution in [0.1, 0.15) is 5.56 Å². The molecular formula is C10H12ClF3Si. The van der Waals surface area contributed by atoms with Crippen molar-refractivity contribution in [1.29, 1.82) is 0 Å². The van der Waals surface area contributed by atoms with Crippen molar-refractivity contribution >= 4 is 24.9 Å². The smallest absolute Gasteiger partial charge is 0.166 e. The number of benzene rings is 1. The molecule has 0 aliphatic heterocycles. The zero-order valence-electron chi connectivity index (χ0n) is 8.53. The second-order valence-corrected chi connectivity index (χ2v) is 9.51. The van der Waals surface area contributed by atoms with E-state index < -0.39 is 19.8 Å². The van der Waals surface area contributed by atoms with E-state index in [0.717, 1.165) is 17.3 Å². The van der Waals surface area contributed by atoms with Gasteiger partial charge in [-0.05, 0) is 0 Å². The lowest BCUT2D eigenvalue weighted by atomic mass is 10.2. The molecule has 0 saturated carbocycles. The summed E-state index contributed by atoms with van der Waals surface area (Å²) >= 11 is 5.80. The van der Waals surface area contributed by atoms with Crippen molar-refractivity contribution in [3.63, 3.8) is 0 Å². The van der Waals surface area contributed by atoms with Crippen molar-refractivity contribution in [3.8, 4) is 0 Å². The topological polar surface area (TPSA) is 0 Å². The lowest BCUT2D eigenvalue weighted by molar-refractivity contribution is -0.137. The van der Waals surface area contributed by atoms with Gasteiger partial charge in [0.05, 0.1) is 13.6 Å². The first-order valence-electron chi connectivity index (χ1n) is 4.51. The van der Waals surface area contributed by atoms with E-state index >= 15 is 0 Å². The number of hydrogen-bond donors (Lipinski definition) is 0. The third-order valence-corrected chi connectivity index (χ3v) is 6.90. The molecule has 0 atom stereocenters. The first-order valence-corrected chi connectivity index (χ1v) is 8.25. The van der Waals surface area contributed by atoms with Crippen molar-refractivity contribution in [1.82, 2.24) is 0 Å². The summed E-state index contributed by atoms with van der Waals surface area (Å²) in [5.74, 6) is 0. The highest BCUT2D eigenvalue weighted by atomic mass is 35.5. The van der Waals surface area contributed by atoms with Gasteiger partial charge in [0.15, 0.2) is 0 Å². The van der Waals surface area contributed by atoms with E-state index in [4.69, 9.17) is 11.6 Å². The summed E-state index contributed by atoms with van der Waals surface area (Å²) in [5.41, 5.74) is -0.0936. The number of halogens is 4. The Balaban J connectivity index is 3.01. The van der Waals surface area contributed by atoms with Crippen molar-refractivity contribution in [2.24, 2.45) is 0 Å². The summed E-state index contributed by atoms with van der Waals surface area (Å²) < 4.78 is 36.8. The minimum absolute atomic E-state index is 0.512.